The van der Waals surface area contributed by atoms with Crippen LogP contribution in [0.15, 0.2) is 35.1 Å². The van der Waals surface area contributed by atoms with Crippen LogP contribution in [0.25, 0.3) is 0 Å². The number of rotatable bonds is 2. The Labute approximate surface area is 107 Å². The Morgan fingerprint density at radius 1 is 1.25 bits per heavy atom. The van der Waals surface area contributed by atoms with Gasteiger partial charge in [-0.3, -0.25) is 0 Å². The van der Waals surface area contributed by atoms with Crippen LogP contribution in [0.5, 0.6) is 11.6 Å². The maximum Gasteiger partial charge on any atom is 0.223 e. The van der Waals surface area contributed by atoms with Gasteiger partial charge in [0.05, 0.1) is 0 Å². The quantitative estimate of drug-likeness (QED) is 0.786. The molecule has 3 nitrogen and oxygen atoms in total. The molecule has 1 aromatic heterocycles. The molecule has 0 saturated carbocycles. The number of aryl methyl sites for hydroxylation is 1. The highest BCUT2D eigenvalue weighted by Gasteiger charge is 2.02. The van der Waals surface area contributed by atoms with Crippen LogP contribution >= 0.6 is 27.5 Å². The zero-order valence-corrected chi connectivity index (χ0v) is 10.8. The van der Waals surface area contributed by atoms with Crippen molar-refractivity contribution in [2.45, 2.75) is 6.92 Å². The largest absolute Gasteiger partial charge is 0.439 e. The summed E-state index contributed by atoms with van der Waals surface area (Å²) in [5, 5.41) is 0.360. The first-order valence-electron chi connectivity index (χ1n) is 4.57. The van der Waals surface area contributed by atoms with Gasteiger partial charge in [-0.2, -0.15) is 0 Å². The smallest absolute Gasteiger partial charge is 0.223 e. The van der Waals surface area contributed by atoms with Gasteiger partial charge in [-0.25, -0.2) is 9.97 Å². The lowest BCUT2D eigenvalue weighted by atomic mass is 10.2. The van der Waals surface area contributed by atoms with Gasteiger partial charge >= 0.3 is 0 Å². The maximum atomic E-state index is 5.73. The molecule has 0 amide bonds. The van der Waals surface area contributed by atoms with Crippen LogP contribution in [0.4, 0.5) is 0 Å². The van der Waals surface area contributed by atoms with Crippen LogP contribution in [0.2, 0.25) is 5.15 Å². The van der Waals surface area contributed by atoms with E-state index in [1.54, 1.807) is 6.07 Å². The van der Waals surface area contributed by atoms with Gasteiger partial charge < -0.3 is 4.74 Å². The van der Waals surface area contributed by atoms with Gasteiger partial charge in [-0.15, -0.1) is 0 Å². The summed E-state index contributed by atoms with van der Waals surface area (Å²) in [5.41, 5.74) is 1.10. The molecular weight excluding hydrogens is 291 g/mol. The van der Waals surface area contributed by atoms with E-state index in [0.29, 0.717) is 11.0 Å². The number of benzene rings is 1. The molecule has 16 heavy (non-hydrogen) atoms. The van der Waals surface area contributed by atoms with Gasteiger partial charge in [-0.1, -0.05) is 27.5 Å². The Morgan fingerprint density at radius 2 is 2.06 bits per heavy atom. The van der Waals surface area contributed by atoms with Gasteiger partial charge in [0.2, 0.25) is 5.88 Å². The van der Waals surface area contributed by atoms with E-state index in [1.807, 2.05) is 25.1 Å². The second kappa shape index (κ2) is 4.80. The Bertz CT molecular complexity index is 519. The van der Waals surface area contributed by atoms with Crippen molar-refractivity contribution in [3.8, 4) is 11.6 Å². The number of ether oxygens (including phenoxy) is 1. The molecule has 0 unspecified atom stereocenters. The van der Waals surface area contributed by atoms with Crippen molar-refractivity contribution in [2.75, 3.05) is 0 Å². The van der Waals surface area contributed by atoms with E-state index in [9.17, 15) is 0 Å². The average Bonchev–Trinajstić information content (AvgIpc) is 2.24. The number of aromatic nitrogens is 2. The minimum Gasteiger partial charge on any atom is -0.439 e. The normalized spacial score (nSPS) is 10.2. The summed E-state index contributed by atoms with van der Waals surface area (Å²) in [6.45, 7) is 1.99. The van der Waals surface area contributed by atoms with E-state index in [-0.39, 0.29) is 0 Å². The van der Waals surface area contributed by atoms with Crippen LogP contribution in [0, 0.1) is 6.92 Å². The van der Waals surface area contributed by atoms with E-state index in [4.69, 9.17) is 16.3 Å². The Kier molecular flexibility index (Phi) is 3.41. The molecule has 2 rings (SSSR count). The fourth-order valence-corrected chi connectivity index (χ4v) is 1.56. The molecule has 0 aliphatic heterocycles. The standard InChI is InChI=1S/C11H8BrClN2O/c1-7-4-8(2-3-9(7)12)16-11-5-10(13)14-6-15-11/h2-6H,1H3. The zero-order valence-electron chi connectivity index (χ0n) is 8.45. The van der Waals surface area contributed by atoms with Crippen LogP contribution in [0.1, 0.15) is 5.56 Å². The van der Waals surface area contributed by atoms with Crippen molar-refractivity contribution in [3.05, 3.63) is 45.8 Å². The fourth-order valence-electron chi connectivity index (χ4n) is 1.17. The van der Waals surface area contributed by atoms with Crippen molar-refractivity contribution < 1.29 is 4.74 Å². The van der Waals surface area contributed by atoms with Crippen LogP contribution in [0.3, 0.4) is 0 Å². The van der Waals surface area contributed by atoms with Crippen LogP contribution in [-0.4, -0.2) is 9.97 Å². The topological polar surface area (TPSA) is 35.0 Å². The molecule has 0 aliphatic rings. The number of halogens is 2. The van der Waals surface area contributed by atoms with Crippen LogP contribution < -0.4 is 4.74 Å². The third-order valence-electron chi connectivity index (χ3n) is 1.96. The molecule has 0 spiro atoms. The summed E-state index contributed by atoms with van der Waals surface area (Å²) in [4.78, 5) is 7.74. The average molecular weight is 300 g/mol. The van der Waals surface area contributed by atoms with Gasteiger partial charge in [0.25, 0.3) is 0 Å². The molecule has 1 heterocycles. The minimum atomic E-state index is 0.360. The lowest BCUT2D eigenvalue weighted by Gasteiger charge is -2.06. The van der Waals surface area contributed by atoms with E-state index in [2.05, 4.69) is 25.9 Å². The molecule has 2 aromatic rings. The van der Waals surface area contributed by atoms with Crippen molar-refractivity contribution in [1.82, 2.24) is 9.97 Å². The summed E-state index contributed by atoms with van der Waals surface area (Å²) in [5.74, 6) is 1.15. The van der Waals surface area contributed by atoms with E-state index in [0.717, 1.165) is 15.8 Å². The highest BCUT2D eigenvalue weighted by Crippen LogP contribution is 2.25. The second-order valence-electron chi connectivity index (χ2n) is 3.19. The Morgan fingerprint density at radius 3 is 2.75 bits per heavy atom. The Hall–Kier alpha value is -1.13. The minimum absolute atomic E-state index is 0.360. The van der Waals surface area contributed by atoms with Crippen molar-refractivity contribution >= 4 is 27.5 Å². The number of nitrogens with zero attached hydrogens (tertiary/aromatic N) is 2. The molecule has 0 aliphatic carbocycles. The predicted octanol–water partition coefficient (Wildman–Crippen LogP) is 3.99. The summed E-state index contributed by atoms with van der Waals surface area (Å²) in [6, 6.07) is 7.26. The van der Waals surface area contributed by atoms with Crippen LogP contribution in [-0.2, 0) is 0 Å². The fraction of sp³-hybridized carbons (Fsp3) is 0.0909. The van der Waals surface area contributed by atoms with E-state index >= 15 is 0 Å². The van der Waals surface area contributed by atoms with Crippen molar-refractivity contribution in [1.29, 1.82) is 0 Å². The molecule has 0 fully saturated rings. The molecular formula is C11H8BrClN2O. The van der Waals surface area contributed by atoms with E-state index in [1.165, 1.54) is 6.33 Å². The lowest BCUT2D eigenvalue weighted by Crippen LogP contribution is -1.89. The zero-order chi connectivity index (χ0) is 11.5. The first-order valence-corrected chi connectivity index (χ1v) is 5.74. The highest BCUT2D eigenvalue weighted by molar-refractivity contribution is 9.10. The molecule has 0 saturated heterocycles. The highest BCUT2D eigenvalue weighted by atomic mass is 79.9. The third-order valence-corrected chi connectivity index (χ3v) is 3.06. The summed E-state index contributed by atoms with van der Waals surface area (Å²) in [7, 11) is 0. The van der Waals surface area contributed by atoms with Gasteiger partial charge in [0.1, 0.15) is 17.2 Å². The first kappa shape index (κ1) is 11.4. The molecule has 5 heteroatoms. The molecule has 0 atom stereocenters. The molecule has 0 bridgehead atoms. The second-order valence-corrected chi connectivity index (χ2v) is 4.43. The SMILES string of the molecule is Cc1cc(Oc2cc(Cl)ncn2)ccc1Br. The van der Waals surface area contributed by atoms with Crippen molar-refractivity contribution in [2.24, 2.45) is 0 Å². The number of hydrogen-bond acceptors (Lipinski definition) is 3. The summed E-state index contributed by atoms with van der Waals surface area (Å²) >= 11 is 9.15. The van der Waals surface area contributed by atoms with E-state index < -0.39 is 0 Å². The molecule has 0 N–H and O–H groups in total. The first-order chi connectivity index (χ1) is 7.65. The molecule has 82 valence electrons. The lowest BCUT2D eigenvalue weighted by molar-refractivity contribution is 0.461. The van der Waals surface area contributed by atoms with Gasteiger partial charge in [-0.05, 0) is 30.7 Å². The monoisotopic (exact) mass is 298 g/mol. The number of hydrogen-bond donors (Lipinski definition) is 0. The third kappa shape index (κ3) is 2.71. The summed E-state index contributed by atoms with van der Waals surface area (Å²) in [6.07, 6.45) is 1.36. The van der Waals surface area contributed by atoms with Crippen molar-refractivity contribution in [3.63, 3.8) is 0 Å². The van der Waals surface area contributed by atoms with Gasteiger partial charge in [0.15, 0.2) is 0 Å². The van der Waals surface area contributed by atoms with Gasteiger partial charge in [0, 0.05) is 10.5 Å². The summed E-state index contributed by atoms with van der Waals surface area (Å²) < 4.78 is 6.58. The molecule has 1 aromatic carbocycles. The Balaban J connectivity index is 2.24. The predicted molar refractivity (Wildman–Crippen MR) is 66.0 cm³/mol. The molecule has 0 radical (unpaired) electrons. The maximum absolute atomic E-state index is 5.73.